The molecule has 0 bridgehead atoms. The Bertz CT molecular complexity index is 280. The van der Waals surface area contributed by atoms with Crippen molar-refractivity contribution in [1.29, 1.82) is 0 Å². The summed E-state index contributed by atoms with van der Waals surface area (Å²) in [5, 5.41) is 18.3. The summed E-state index contributed by atoms with van der Waals surface area (Å²) in [7, 11) is 0. The number of carbonyl (C=O) groups is 2. The van der Waals surface area contributed by atoms with Crippen molar-refractivity contribution in [2.75, 3.05) is 6.54 Å². The van der Waals surface area contributed by atoms with Crippen LogP contribution in [0.3, 0.4) is 0 Å². The van der Waals surface area contributed by atoms with Gasteiger partial charge in [-0.15, -0.1) is 0 Å². The Kier molecular flexibility index (Phi) is 4.26. The standard InChI is InChI=1S/C10H18N2O4/c1-6(11)2-3-9(14)12-5-7(13)4-8(12)10(15)16/h6-8,13H,2-5,11H2,1H3,(H,15,16)/t6?,7?,8-/m0/s1. The smallest absolute Gasteiger partial charge is 0.326 e. The summed E-state index contributed by atoms with van der Waals surface area (Å²) in [5.41, 5.74) is 5.52. The molecule has 1 saturated heterocycles. The number of carboxylic acid groups (broad SMARTS) is 1. The number of hydrogen-bond acceptors (Lipinski definition) is 4. The van der Waals surface area contributed by atoms with Crippen molar-refractivity contribution in [1.82, 2.24) is 4.90 Å². The molecule has 1 fully saturated rings. The van der Waals surface area contributed by atoms with E-state index in [-0.39, 0.29) is 31.3 Å². The van der Waals surface area contributed by atoms with E-state index in [4.69, 9.17) is 10.8 Å². The number of aliphatic hydroxyl groups excluding tert-OH is 1. The zero-order chi connectivity index (χ0) is 12.3. The molecule has 0 spiro atoms. The summed E-state index contributed by atoms with van der Waals surface area (Å²) in [6.07, 6.45) is 0.130. The molecule has 2 unspecified atom stereocenters. The monoisotopic (exact) mass is 230 g/mol. The van der Waals surface area contributed by atoms with E-state index in [0.717, 1.165) is 0 Å². The summed E-state index contributed by atoms with van der Waals surface area (Å²) >= 11 is 0. The number of aliphatic carboxylic acids is 1. The van der Waals surface area contributed by atoms with Gasteiger partial charge in [0.2, 0.25) is 5.91 Å². The minimum absolute atomic E-state index is 0.0836. The van der Waals surface area contributed by atoms with Gasteiger partial charge < -0.3 is 20.8 Å². The van der Waals surface area contributed by atoms with Crippen LogP contribution in [-0.4, -0.2) is 51.7 Å². The fourth-order valence-corrected chi connectivity index (χ4v) is 1.82. The first-order valence-electron chi connectivity index (χ1n) is 5.37. The average Bonchev–Trinajstić information content (AvgIpc) is 2.56. The van der Waals surface area contributed by atoms with E-state index in [1.807, 2.05) is 0 Å². The predicted molar refractivity (Wildman–Crippen MR) is 56.6 cm³/mol. The molecule has 0 aromatic carbocycles. The average molecular weight is 230 g/mol. The minimum atomic E-state index is -1.06. The fraction of sp³-hybridized carbons (Fsp3) is 0.800. The van der Waals surface area contributed by atoms with Crippen LogP contribution in [0.4, 0.5) is 0 Å². The van der Waals surface area contributed by atoms with Crippen LogP contribution < -0.4 is 5.73 Å². The number of nitrogens with zero attached hydrogens (tertiary/aromatic N) is 1. The summed E-state index contributed by atoms with van der Waals surface area (Å²) < 4.78 is 0. The van der Waals surface area contributed by atoms with Crippen molar-refractivity contribution in [3.05, 3.63) is 0 Å². The number of nitrogens with two attached hydrogens (primary N) is 1. The quantitative estimate of drug-likeness (QED) is 0.584. The van der Waals surface area contributed by atoms with E-state index >= 15 is 0 Å². The predicted octanol–water partition coefficient (Wildman–Crippen LogP) is -0.840. The highest BCUT2D eigenvalue weighted by Gasteiger charge is 2.38. The maximum Gasteiger partial charge on any atom is 0.326 e. The van der Waals surface area contributed by atoms with Crippen LogP contribution in [0.5, 0.6) is 0 Å². The first-order valence-corrected chi connectivity index (χ1v) is 5.37. The molecular formula is C10H18N2O4. The van der Waals surface area contributed by atoms with Crippen LogP contribution in [0.15, 0.2) is 0 Å². The van der Waals surface area contributed by atoms with Crippen LogP contribution in [0.1, 0.15) is 26.2 Å². The summed E-state index contributed by atoms with van der Waals surface area (Å²) in [6, 6.07) is -0.977. The van der Waals surface area contributed by atoms with Gasteiger partial charge in [0.15, 0.2) is 0 Å². The summed E-state index contributed by atoms with van der Waals surface area (Å²) in [4.78, 5) is 23.8. The van der Waals surface area contributed by atoms with Crippen molar-refractivity contribution < 1.29 is 19.8 Å². The van der Waals surface area contributed by atoms with Gasteiger partial charge in [-0.1, -0.05) is 0 Å². The Labute approximate surface area is 94.0 Å². The SMILES string of the molecule is CC(N)CCC(=O)N1CC(O)C[C@H]1C(=O)O. The van der Waals surface area contributed by atoms with Crippen molar-refractivity contribution >= 4 is 11.9 Å². The zero-order valence-electron chi connectivity index (χ0n) is 9.30. The summed E-state index contributed by atoms with van der Waals surface area (Å²) in [6.45, 7) is 1.90. The lowest BCUT2D eigenvalue weighted by atomic mass is 10.1. The fourth-order valence-electron chi connectivity index (χ4n) is 1.82. The van der Waals surface area contributed by atoms with Crippen LogP contribution in [-0.2, 0) is 9.59 Å². The molecule has 3 atom stereocenters. The number of carbonyl (C=O) groups excluding carboxylic acids is 1. The van der Waals surface area contributed by atoms with E-state index in [1.165, 1.54) is 4.90 Å². The second-order valence-corrected chi connectivity index (χ2v) is 4.31. The highest BCUT2D eigenvalue weighted by molar-refractivity contribution is 5.84. The van der Waals surface area contributed by atoms with E-state index in [9.17, 15) is 14.7 Å². The molecule has 92 valence electrons. The van der Waals surface area contributed by atoms with Gasteiger partial charge in [-0.25, -0.2) is 4.79 Å². The van der Waals surface area contributed by atoms with Gasteiger partial charge in [0.1, 0.15) is 6.04 Å². The van der Waals surface area contributed by atoms with Gasteiger partial charge in [-0.3, -0.25) is 4.79 Å². The van der Waals surface area contributed by atoms with Crippen LogP contribution in [0.25, 0.3) is 0 Å². The number of hydrogen-bond donors (Lipinski definition) is 3. The van der Waals surface area contributed by atoms with Crippen LogP contribution >= 0.6 is 0 Å². The minimum Gasteiger partial charge on any atom is -0.480 e. The van der Waals surface area contributed by atoms with Gasteiger partial charge in [0.05, 0.1) is 6.10 Å². The number of likely N-dealkylation sites (tertiary alicyclic amines) is 1. The molecule has 1 amide bonds. The Morgan fingerprint density at radius 3 is 2.69 bits per heavy atom. The van der Waals surface area contributed by atoms with Gasteiger partial charge in [0, 0.05) is 25.4 Å². The largest absolute Gasteiger partial charge is 0.480 e. The van der Waals surface area contributed by atoms with Crippen molar-refractivity contribution in [2.24, 2.45) is 5.73 Å². The van der Waals surface area contributed by atoms with E-state index in [1.54, 1.807) is 6.92 Å². The molecule has 6 heteroatoms. The first kappa shape index (κ1) is 12.9. The highest BCUT2D eigenvalue weighted by Crippen LogP contribution is 2.19. The van der Waals surface area contributed by atoms with Gasteiger partial charge in [-0.2, -0.15) is 0 Å². The molecule has 1 aliphatic rings. The summed E-state index contributed by atoms with van der Waals surface area (Å²) in [5.74, 6) is -1.31. The Hall–Kier alpha value is -1.14. The third-order valence-electron chi connectivity index (χ3n) is 2.70. The zero-order valence-corrected chi connectivity index (χ0v) is 9.30. The second-order valence-electron chi connectivity index (χ2n) is 4.31. The lowest BCUT2D eigenvalue weighted by Gasteiger charge is -2.21. The number of rotatable bonds is 4. The number of amides is 1. The molecule has 0 aromatic rings. The highest BCUT2D eigenvalue weighted by atomic mass is 16.4. The molecule has 6 nitrogen and oxygen atoms in total. The van der Waals surface area contributed by atoms with Crippen molar-refractivity contribution in [3.8, 4) is 0 Å². The van der Waals surface area contributed by atoms with Crippen LogP contribution in [0.2, 0.25) is 0 Å². The number of carboxylic acids is 1. The molecule has 1 heterocycles. The van der Waals surface area contributed by atoms with Crippen molar-refractivity contribution in [3.63, 3.8) is 0 Å². The molecule has 0 aliphatic carbocycles. The lowest BCUT2D eigenvalue weighted by Crippen LogP contribution is -2.40. The van der Waals surface area contributed by atoms with Crippen LogP contribution in [0, 0.1) is 0 Å². The molecular weight excluding hydrogens is 212 g/mol. The third-order valence-corrected chi connectivity index (χ3v) is 2.70. The third kappa shape index (κ3) is 3.18. The van der Waals surface area contributed by atoms with E-state index in [0.29, 0.717) is 6.42 Å². The molecule has 0 aromatic heterocycles. The Morgan fingerprint density at radius 2 is 2.19 bits per heavy atom. The number of aliphatic hydroxyl groups is 1. The Balaban J connectivity index is 2.56. The molecule has 4 N–H and O–H groups in total. The van der Waals surface area contributed by atoms with Gasteiger partial charge in [-0.05, 0) is 13.3 Å². The molecule has 1 aliphatic heterocycles. The van der Waals surface area contributed by atoms with Crippen molar-refractivity contribution in [2.45, 2.75) is 44.4 Å². The lowest BCUT2D eigenvalue weighted by molar-refractivity contribution is -0.148. The number of β-amino-alcohol motifs (C(OH)–C–C–N with tert-alkyl or cyclic N) is 1. The Morgan fingerprint density at radius 1 is 1.56 bits per heavy atom. The van der Waals surface area contributed by atoms with Gasteiger partial charge >= 0.3 is 5.97 Å². The molecule has 1 rings (SSSR count). The van der Waals surface area contributed by atoms with E-state index in [2.05, 4.69) is 0 Å². The second kappa shape index (κ2) is 5.27. The molecule has 0 radical (unpaired) electrons. The normalized spacial score (nSPS) is 26.8. The maximum atomic E-state index is 11.7. The molecule has 16 heavy (non-hydrogen) atoms. The maximum absolute atomic E-state index is 11.7. The van der Waals surface area contributed by atoms with E-state index < -0.39 is 18.1 Å². The topological polar surface area (TPSA) is 104 Å². The van der Waals surface area contributed by atoms with Gasteiger partial charge in [0.25, 0.3) is 0 Å². The first-order chi connectivity index (χ1) is 7.41. The molecule has 0 saturated carbocycles.